The molecule has 0 atom stereocenters. The first-order valence-corrected chi connectivity index (χ1v) is 7.98. The third-order valence-electron chi connectivity index (χ3n) is 3.40. The van der Waals surface area contributed by atoms with Crippen LogP contribution in [0.1, 0.15) is 29.9 Å². The van der Waals surface area contributed by atoms with E-state index < -0.39 is 5.97 Å². The van der Waals surface area contributed by atoms with Gasteiger partial charge in [0.2, 0.25) is 5.91 Å². The van der Waals surface area contributed by atoms with Gasteiger partial charge in [-0.3, -0.25) is 4.79 Å². The fourth-order valence-corrected chi connectivity index (χ4v) is 2.26. The first-order valence-electron chi connectivity index (χ1n) is 7.98. The molecule has 2 aromatic rings. The third-order valence-corrected chi connectivity index (χ3v) is 3.40. The van der Waals surface area contributed by atoms with Crippen molar-refractivity contribution < 1.29 is 18.7 Å². The minimum absolute atomic E-state index is 0.106. The normalized spacial score (nSPS) is 10.5. The smallest absolute Gasteiger partial charge is 0.341 e. The molecule has 0 aliphatic rings. The van der Waals surface area contributed by atoms with Crippen molar-refractivity contribution >= 4 is 11.9 Å². The average Bonchev–Trinajstić information content (AvgIpc) is 2.99. The number of benzene rings is 1. The van der Waals surface area contributed by atoms with Crippen LogP contribution in [0, 0.1) is 5.82 Å². The largest absolute Gasteiger partial charge is 0.462 e. The van der Waals surface area contributed by atoms with E-state index >= 15 is 0 Å². The molecule has 2 rings (SSSR count). The molecule has 0 spiro atoms. The zero-order valence-electron chi connectivity index (χ0n) is 14.2. The van der Waals surface area contributed by atoms with Gasteiger partial charge in [-0.25, -0.2) is 13.9 Å². The number of aromatic nitrogens is 2. The Morgan fingerprint density at radius 3 is 2.60 bits per heavy atom. The number of carbonyl (C=O) groups is 2. The molecule has 0 radical (unpaired) electrons. The molecule has 8 heteroatoms. The van der Waals surface area contributed by atoms with Crippen molar-refractivity contribution in [3.8, 4) is 5.69 Å². The molecule has 7 nitrogen and oxygen atoms in total. The summed E-state index contributed by atoms with van der Waals surface area (Å²) in [5, 5.41) is 10.1. The van der Waals surface area contributed by atoms with Crippen molar-refractivity contribution in [1.29, 1.82) is 0 Å². The Bertz CT molecular complexity index is 728. The molecule has 0 aliphatic carbocycles. The van der Waals surface area contributed by atoms with Crippen LogP contribution in [-0.2, 0) is 16.1 Å². The fraction of sp³-hybridized carbons (Fsp3) is 0.353. The Morgan fingerprint density at radius 1 is 1.24 bits per heavy atom. The molecule has 0 unspecified atom stereocenters. The minimum atomic E-state index is -0.463. The third kappa shape index (κ3) is 5.12. The first-order chi connectivity index (χ1) is 12.0. The van der Waals surface area contributed by atoms with Gasteiger partial charge in [0, 0.05) is 26.6 Å². The van der Waals surface area contributed by atoms with Crippen LogP contribution in [0.3, 0.4) is 0 Å². The number of hydrogen-bond donors (Lipinski definition) is 2. The molecule has 1 heterocycles. The maximum atomic E-state index is 13.1. The molecule has 0 fully saturated rings. The number of amides is 1. The fourth-order valence-electron chi connectivity index (χ4n) is 2.26. The second kappa shape index (κ2) is 8.93. The lowest BCUT2D eigenvalue weighted by Crippen LogP contribution is -2.30. The summed E-state index contributed by atoms with van der Waals surface area (Å²) in [6, 6.07) is 5.82. The van der Waals surface area contributed by atoms with E-state index in [1.807, 2.05) is 0 Å². The first kappa shape index (κ1) is 18.6. The van der Waals surface area contributed by atoms with Gasteiger partial charge < -0.3 is 15.4 Å². The molecule has 2 N–H and O–H groups in total. The number of nitrogens with one attached hydrogen (secondary N) is 2. The van der Waals surface area contributed by atoms with Gasteiger partial charge in [-0.1, -0.05) is 0 Å². The summed E-state index contributed by atoms with van der Waals surface area (Å²) in [4.78, 5) is 23.0. The van der Waals surface area contributed by atoms with Gasteiger partial charge in [-0.15, -0.1) is 0 Å². The van der Waals surface area contributed by atoms with Crippen LogP contribution in [0.5, 0.6) is 0 Å². The SMILES string of the molecule is CCOC(=O)c1cnn(-c2ccc(F)cc2)c1CNCCNC(C)=O. The molecule has 1 amide bonds. The van der Waals surface area contributed by atoms with Crippen molar-refractivity contribution in [1.82, 2.24) is 20.4 Å². The van der Waals surface area contributed by atoms with Crippen LogP contribution >= 0.6 is 0 Å². The summed E-state index contributed by atoms with van der Waals surface area (Å²) in [5.74, 6) is -0.920. The van der Waals surface area contributed by atoms with Crippen molar-refractivity contribution in [2.45, 2.75) is 20.4 Å². The molecule has 0 aliphatic heterocycles. The topological polar surface area (TPSA) is 85.2 Å². The second-order valence-corrected chi connectivity index (χ2v) is 5.27. The summed E-state index contributed by atoms with van der Waals surface area (Å²) < 4.78 is 19.8. The van der Waals surface area contributed by atoms with E-state index in [1.165, 1.54) is 25.3 Å². The Morgan fingerprint density at radius 2 is 1.96 bits per heavy atom. The van der Waals surface area contributed by atoms with Gasteiger partial charge in [0.15, 0.2) is 0 Å². The summed E-state index contributed by atoms with van der Waals surface area (Å²) >= 11 is 0. The Balaban J connectivity index is 2.19. The maximum Gasteiger partial charge on any atom is 0.341 e. The quantitative estimate of drug-likeness (QED) is 0.557. The number of hydrogen-bond acceptors (Lipinski definition) is 5. The molecule has 1 aromatic carbocycles. The molecule has 25 heavy (non-hydrogen) atoms. The Kier molecular flexibility index (Phi) is 6.64. The second-order valence-electron chi connectivity index (χ2n) is 5.27. The van der Waals surface area contributed by atoms with E-state index in [4.69, 9.17) is 4.74 Å². The van der Waals surface area contributed by atoms with Gasteiger partial charge in [0.1, 0.15) is 11.4 Å². The highest BCUT2D eigenvalue weighted by Gasteiger charge is 2.19. The Hall–Kier alpha value is -2.74. The predicted octanol–water partition coefficient (Wildman–Crippen LogP) is 1.41. The number of ether oxygens (including phenoxy) is 1. The number of carbonyl (C=O) groups excluding carboxylic acids is 2. The monoisotopic (exact) mass is 348 g/mol. The van der Waals surface area contributed by atoms with Gasteiger partial charge in [-0.05, 0) is 31.2 Å². The highest BCUT2D eigenvalue weighted by molar-refractivity contribution is 5.90. The zero-order valence-corrected chi connectivity index (χ0v) is 14.2. The van der Waals surface area contributed by atoms with Gasteiger partial charge in [0.05, 0.1) is 24.2 Å². The zero-order chi connectivity index (χ0) is 18.2. The van der Waals surface area contributed by atoms with Crippen molar-refractivity contribution in [3.05, 3.63) is 47.5 Å². The number of esters is 1. The highest BCUT2D eigenvalue weighted by atomic mass is 19.1. The summed E-state index contributed by atoms with van der Waals surface area (Å²) in [6.45, 7) is 4.77. The predicted molar refractivity (Wildman–Crippen MR) is 89.9 cm³/mol. The Labute approximate surface area is 145 Å². The van der Waals surface area contributed by atoms with Crippen LogP contribution in [0.25, 0.3) is 5.69 Å². The lowest BCUT2D eigenvalue weighted by atomic mass is 10.2. The van der Waals surface area contributed by atoms with Crippen LogP contribution < -0.4 is 10.6 Å². The van der Waals surface area contributed by atoms with Crippen LogP contribution in [0.2, 0.25) is 0 Å². The van der Waals surface area contributed by atoms with Gasteiger partial charge >= 0.3 is 5.97 Å². The lowest BCUT2D eigenvalue weighted by Gasteiger charge is -2.11. The highest BCUT2D eigenvalue weighted by Crippen LogP contribution is 2.16. The van der Waals surface area contributed by atoms with Crippen LogP contribution in [0.4, 0.5) is 4.39 Å². The van der Waals surface area contributed by atoms with E-state index in [2.05, 4.69) is 15.7 Å². The van der Waals surface area contributed by atoms with Crippen molar-refractivity contribution in [2.24, 2.45) is 0 Å². The van der Waals surface area contributed by atoms with E-state index in [1.54, 1.807) is 23.7 Å². The maximum absolute atomic E-state index is 13.1. The number of rotatable bonds is 8. The van der Waals surface area contributed by atoms with E-state index in [-0.39, 0.29) is 18.3 Å². The van der Waals surface area contributed by atoms with E-state index in [9.17, 15) is 14.0 Å². The standard InChI is InChI=1S/C17H21FN4O3/c1-3-25-17(24)15-10-21-22(14-6-4-13(18)5-7-14)16(15)11-19-8-9-20-12(2)23/h4-7,10,19H,3,8-9,11H2,1-2H3,(H,20,23). The minimum Gasteiger partial charge on any atom is -0.462 e. The average molecular weight is 348 g/mol. The number of halogens is 1. The van der Waals surface area contributed by atoms with Crippen molar-refractivity contribution in [3.63, 3.8) is 0 Å². The molecular formula is C17H21FN4O3. The molecular weight excluding hydrogens is 327 g/mol. The molecule has 134 valence electrons. The van der Waals surface area contributed by atoms with Crippen LogP contribution in [0.15, 0.2) is 30.5 Å². The van der Waals surface area contributed by atoms with E-state index in [0.29, 0.717) is 36.6 Å². The molecule has 0 saturated heterocycles. The summed E-state index contributed by atoms with van der Waals surface area (Å²) in [5.41, 5.74) is 1.58. The number of nitrogens with zero attached hydrogens (tertiary/aromatic N) is 2. The lowest BCUT2D eigenvalue weighted by molar-refractivity contribution is -0.118. The molecule has 0 saturated carbocycles. The molecule has 1 aromatic heterocycles. The molecule has 0 bridgehead atoms. The summed E-state index contributed by atoms with van der Waals surface area (Å²) in [6.07, 6.45) is 1.44. The van der Waals surface area contributed by atoms with Crippen molar-refractivity contribution in [2.75, 3.05) is 19.7 Å². The van der Waals surface area contributed by atoms with Gasteiger partial charge in [0.25, 0.3) is 0 Å². The van der Waals surface area contributed by atoms with E-state index in [0.717, 1.165) is 0 Å². The van der Waals surface area contributed by atoms with Gasteiger partial charge in [-0.2, -0.15) is 5.10 Å². The van der Waals surface area contributed by atoms with Crippen LogP contribution in [-0.4, -0.2) is 41.4 Å². The summed E-state index contributed by atoms with van der Waals surface area (Å²) in [7, 11) is 0.